The van der Waals surface area contributed by atoms with Crippen LogP contribution in [0.5, 0.6) is 0 Å². The monoisotopic (exact) mass is 450 g/mol. The van der Waals surface area contributed by atoms with Gasteiger partial charge in [-0.15, -0.1) is 11.3 Å². The molecule has 0 unspecified atom stereocenters. The lowest BCUT2D eigenvalue weighted by atomic mass is 9.81. The number of hydrogen-bond acceptors (Lipinski definition) is 8. The molecule has 10 heteroatoms. The SMILES string of the molecule is CCOC(=O)c1sc(NC(=O)CCN2C(=O)[C@@H]3CCCC[C@H]3C2=O)c(C(=O)OC)c1C. The van der Waals surface area contributed by atoms with Crippen LogP contribution < -0.4 is 5.32 Å². The summed E-state index contributed by atoms with van der Waals surface area (Å²) >= 11 is 0.927. The number of nitrogens with zero attached hydrogens (tertiary/aromatic N) is 1. The van der Waals surface area contributed by atoms with Crippen LogP contribution in [0.25, 0.3) is 0 Å². The largest absolute Gasteiger partial charge is 0.465 e. The molecule has 1 saturated carbocycles. The molecular formula is C21H26N2O7S. The first-order valence-electron chi connectivity index (χ1n) is 10.3. The van der Waals surface area contributed by atoms with Crippen LogP contribution >= 0.6 is 11.3 Å². The first-order valence-corrected chi connectivity index (χ1v) is 11.2. The van der Waals surface area contributed by atoms with Crippen LogP contribution in [0, 0.1) is 18.8 Å². The molecule has 3 rings (SSSR count). The maximum atomic E-state index is 12.6. The third kappa shape index (κ3) is 4.48. The summed E-state index contributed by atoms with van der Waals surface area (Å²) < 4.78 is 9.79. The molecule has 168 valence electrons. The summed E-state index contributed by atoms with van der Waals surface area (Å²) in [4.78, 5) is 63.4. The minimum Gasteiger partial charge on any atom is -0.465 e. The number of hydrogen-bond donors (Lipinski definition) is 1. The number of thiophene rings is 1. The van der Waals surface area contributed by atoms with E-state index in [9.17, 15) is 24.0 Å². The highest BCUT2D eigenvalue weighted by Gasteiger charge is 2.47. The van der Waals surface area contributed by atoms with E-state index in [1.807, 2.05) is 0 Å². The molecule has 31 heavy (non-hydrogen) atoms. The summed E-state index contributed by atoms with van der Waals surface area (Å²) in [5, 5.41) is 2.79. The number of carbonyl (C=O) groups excluding carboxylic acids is 5. The minimum atomic E-state index is -0.687. The number of carbonyl (C=O) groups is 5. The van der Waals surface area contributed by atoms with Crippen LogP contribution in [0.1, 0.15) is 64.6 Å². The van der Waals surface area contributed by atoms with E-state index in [0.29, 0.717) is 18.4 Å². The maximum Gasteiger partial charge on any atom is 0.348 e. The van der Waals surface area contributed by atoms with Gasteiger partial charge in [-0.1, -0.05) is 12.8 Å². The van der Waals surface area contributed by atoms with Gasteiger partial charge in [0.15, 0.2) is 0 Å². The maximum absolute atomic E-state index is 12.6. The molecule has 0 bridgehead atoms. The molecule has 2 atom stereocenters. The first kappa shape index (κ1) is 22.9. The molecule has 9 nitrogen and oxygen atoms in total. The third-order valence-electron chi connectivity index (χ3n) is 5.74. The lowest BCUT2D eigenvalue weighted by molar-refractivity contribution is -0.140. The Balaban J connectivity index is 1.70. The Morgan fingerprint density at radius 1 is 1.10 bits per heavy atom. The van der Waals surface area contributed by atoms with E-state index in [-0.39, 0.29) is 58.7 Å². The summed E-state index contributed by atoms with van der Waals surface area (Å²) in [6.45, 7) is 3.40. The number of esters is 2. The van der Waals surface area contributed by atoms with E-state index in [0.717, 1.165) is 24.2 Å². The van der Waals surface area contributed by atoms with Gasteiger partial charge < -0.3 is 14.8 Å². The van der Waals surface area contributed by atoms with E-state index in [2.05, 4.69) is 5.32 Å². The van der Waals surface area contributed by atoms with Crippen molar-refractivity contribution in [3.63, 3.8) is 0 Å². The molecule has 0 radical (unpaired) electrons. The number of methoxy groups -OCH3 is 1. The van der Waals surface area contributed by atoms with Gasteiger partial charge in [0.25, 0.3) is 0 Å². The topological polar surface area (TPSA) is 119 Å². The highest BCUT2D eigenvalue weighted by atomic mass is 32.1. The summed E-state index contributed by atoms with van der Waals surface area (Å²) in [6.07, 6.45) is 3.19. The second-order valence-electron chi connectivity index (χ2n) is 7.60. The number of fused-ring (bicyclic) bond motifs is 1. The molecule has 3 amide bonds. The fraction of sp³-hybridized carbons (Fsp3) is 0.571. The number of nitrogens with one attached hydrogen (secondary N) is 1. The normalized spacial score (nSPS) is 20.4. The average Bonchev–Trinajstić information content (AvgIpc) is 3.20. The molecule has 1 aromatic heterocycles. The molecule has 0 aromatic carbocycles. The lowest BCUT2D eigenvalue weighted by Gasteiger charge is -2.19. The zero-order chi connectivity index (χ0) is 22.7. The second kappa shape index (κ2) is 9.59. The molecule has 1 aliphatic carbocycles. The zero-order valence-electron chi connectivity index (χ0n) is 17.8. The minimum absolute atomic E-state index is 0.0147. The molecule has 1 aromatic rings. The summed E-state index contributed by atoms with van der Waals surface area (Å²) in [5.41, 5.74) is 0.447. The van der Waals surface area contributed by atoms with Crippen molar-refractivity contribution in [1.82, 2.24) is 4.90 Å². The van der Waals surface area contributed by atoms with E-state index in [1.54, 1.807) is 13.8 Å². The molecule has 2 heterocycles. The van der Waals surface area contributed by atoms with Gasteiger partial charge >= 0.3 is 11.9 Å². The Morgan fingerprint density at radius 2 is 1.71 bits per heavy atom. The molecule has 2 aliphatic rings. The lowest BCUT2D eigenvalue weighted by Crippen LogP contribution is -2.34. The number of likely N-dealkylation sites (tertiary alicyclic amines) is 1. The number of ether oxygens (including phenoxy) is 2. The van der Waals surface area contributed by atoms with Crippen molar-refractivity contribution in [3.8, 4) is 0 Å². The van der Waals surface area contributed by atoms with Crippen LogP contribution in [-0.4, -0.2) is 54.8 Å². The summed E-state index contributed by atoms with van der Waals surface area (Å²) in [5.74, 6) is -2.68. The Labute approximate surface area is 184 Å². The van der Waals surface area contributed by atoms with E-state index in [4.69, 9.17) is 9.47 Å². The van der Waals surface area contributed by atoms with Crippen molar-refractivity contribution in [2.75, 3.05) is 25.6 Å². The van der Waals surface area contributed by atoms with Crippen molar-refractivity contribution in [2.24, 2.45) is 11.8 Å². The second-order valence-corrected chi connectivity index (χ2v) is 8.62. The summed E-state index contributed by atoms with van der Waals surface area (Å²) in [7, 11) is 1.21. The smallest absolute Gasteiger partial charge is 0.348 e. The Hall–Kier alpha value is -2.75. The van der Waals surface area contributed by atoms with Crippen molar-refractivity contribution in [2.45, 2.75) is 46.0 Å². The highest BCUT2D eigenvalue weighted by Crippen LogP contribution is 2.38. The van der Waals surface area contributed by atoms with Crippen LogP contribution in [0.2, 0.25) is 0 Å². The molecule has 2 fully saturated rings. The van der Waals surface area contributed by atoms with Gasteiger partial charge in [-0.25, -0.2) is 9.59 Å². The van der Waals surface area contributed by atoms with Gasteiger partial charge in [-0.3, -0.25) is 19.3 Å². The van der Waals surface area contributed by atoms with Crippen molar-refractivity contribution in [1.29, 1.82) is 0 Å². The molecule has 1 aliphatic heterocycles. The van der Waals surface area contributed by atoms with Gasteiger partial charge in [0.1, 0.15) is 9.88 Å². The predicted molar refractivity (Wildman–Crippen MR) is 112 cm³/mol. The zero-order valence-corrected chi connectivity index (χ0v) is 18.6. The third-order valence-corrected chi connectivity index (χ3v) is 6.93. The first-order chi connectivity index (χ1) is 14.8. The number of amides is 3. The molecule has 1 N–H and O–H groups in total. The predicted octanol–water partition coefficient (Wildman–Crippen LogP) is 2.52. The quantitative estimate of drug-likeness (QED) is 0.501. The van der Waals surface area contributed by atoms with Gasteiger partial charge in [-0.2, -0.15) is 0 Å². The van der Waals surface area contributed by atoms with Crippen LogP contribution in [0.3, 0.4) is 0 Å². The van der Waals surface area contributed by atoms with Crippen molar-refractivity contribution < 1.29 is 33.4 Å². The fourth-order valence-electron chi connectivity index (χ4n) is 4.19. The number of rotatable bonds is 7. The average molecular weight is 451 g/mol. The van der Waals surface area contributed by atoms with Crippen molar-refractivity contribution in [3.05, 3.63) is 16.0 Å². The van der Waals surface area contributed by atoms with Crippen LogP contribution in [-0.2, 0) is 23.9 Å². The van der Waals surface area contributed by atoms with Crippen LogP contribution in [0.4, 0.5) is 5.00 Å². The number of anilines is 1. The van der Waals surface area contributed by atoms with E-state index in [1.165, 1.54) is 12.0 Å². The van der Waals surface area contributed by atoms with E-state index >= 15 is 0 Å². The molecule has 1 saturated heterocycles. The molecule has 0 spiro atoms. The Bertz CT molecular complexity index is 899. The standard InChI is InChI=1S/C21H26N2O7S/c1-4-30-21(28)16-11(2)15(20(27)29-3)17(31-16)22-14(24)9-10-23-18(25)12-7-5-6-8-13(12)19(23)26/h12-13H,4-10H2,1-3H3,(H,22,24)/t12-,13-/m1/s1. The fourth-order valence-corrected chi connectivity index (χ4v) is 5.30. The van der Waals surface area contributed by atoms with Crippen LogP contribution in [0.15, 0.2) is 0 Å². The van der Waals surface area contributed by atoms with Gasteiger partial charge in [0.2, 0.25) is 17.7 Å². The van der Waals surface area contributed by atoms with Gasteiger partial charge in [0.05, 0.1) is 31.1 Å². The highest BCUT2D eigenvalue weighted by molar-refractivity contribution is 7.18. The number of imide groups is 1. The van der Waals surface area contributed by atoms with Gasteiger partial charge in [-0.05, 0) is 32.3 Å². The van der Waals surface area contributed by atoms with Crippen molar-refractivity contribution >= 4 is 46.0 Å². The van der Waals surface area contributed by atoms with E-state index < -0.39 is 17.8 Å². The Morgan fingerprint density at radius 3 is 2.26 bits per heavy atom. The molecular weight excluding hydrogens is 424 g/mol. The van der Waals surface area contributed by atoms with Gasteiger partial charge in [0, 0.05) is 13.0 Å². The summed E-state index contributed by atoms with van der Waals surface area (Å²) in [6, 6.07) is 0. The Kier molecular flexibility index (Phi) is 7.09.